The second-order valence-corrected chi connectivity index (χ2v) is 5.93. The molecule has 0 bridgehead atoms. The molecule has 1 N–H and O–H groups in total. The first-order valence-electron chi connectivity index (χ1n) is 7.45. The number of rotatable bonds is 3. The maximum absolute atomic E-state index is 13.9. The van der Waals surface area contributed by atoms with Crippen molar-refractivity contribution >= 4 is 23.2 Å². The number of aromatic nitrogens is 2. The summed E-state index contributed by atoms with van der Waals surface area (Å²) in [6.07, 6.45) is 0. The lowest BCUT2D eigenvalue weighted by atomic mass is 10.2. The van der Waals surface area contributed by atoms with Gasteiger partial charge in [-0.1, -0.05) is 17.7 Å². The summed E-state index contributed by atoms with van der Waals surface area (Å²) in [6.45, 7) is 3.41. The summed E-state index contributed by atoms with van der Waals surface area (Å²) in [5.41, 5.74) is 1.89. The van der Waals surface area contributed by atoms with E-state index in [-0.39, 0.29) is 16.4 Å². The highest BCUT2D eigenvalue weighted by atomic mass is 35.5. The van der Waals surface area contributed by atoms with Crippen LogP contribution in [0.1, 0.15) is 21.6 Å². The third-order valence-corrected chi connectivity index (χ3v) is 4.02. The Labute approximate surface area is 148 Å². The largest absolute Gasteiger partial charge is 0.319 e. The van der Waals surface area contributed by atoms with Gasteiger partial charge in [-0.05, 0) is 55.8 Å². The number of amides is 1. The zero-order valence-corrected chi connectivity index (χ0v) is 14.2. The van der Waals surface area contributed by atoms with Crippen LogP contribution in [0.25, 0.3) is 5.69 Å². The normalized spacial score (nSPS) is 10.8. The second-order valence-electron chi connectivity index (χ2n) is 5.58. The first kappa shape index (κ1) is 17.1. The van der Waals surface area contributed by atoms with Crippen molar-refractivity contribution in [2.75, 3.05) is 5.32 Å². The Morgan fingerprint density at radius 1 is 1.12 bits per heavy atom. The average Bonchev–Trinajstić information content (AvgIpc) is 2.86. The molecule has 1 amide bonds. The highest BCUT2D eigenvalue weighted by molar-refractivity contribution is 6.34. The molecule has 3 rings (SSSR count). The molecule has 1 heterocycles. The molecule has 0 atom stereocenters. The topological polar surface area (TPSA) is 46.9 Å². The fourth-order valence-electron chi connectivity index (χ4n) is 2.43. The van der Waals surface area contributed by atoms with Crippen molar-refractivity contribution < 1.29 is 13.6 Å². The lowest BCUT2D eigenvalue weighted by molar-refractivity contribution is 0.102. The van der Waals surface area contributed by atoms with Gasteiger partial charge in [0, 0.05) is 0 Å². The fourth-order valence-corrected chi connectivity index (χ4v) is 2.79. The van der Waals surface area contributed by atoms with Crippen LogP contribution in [-0.4, -0.2) is 15.7 Å². The van der Waals surface area contributed by atoms with Crippen LogP contribution < -0.4 is 5.32 Å². The van der Waals surface area contributed by atoms with Crippen molar-refractivity contribution in [3.05, 3.63) is 76.1 Å². The fraction of sp³-hybridized carbons (Fsp3) is 0.111. The first-order chi connectivity index (χ1) is 11.9. The molecule has 2 aromatic carbocycles. The molecule has 0 saturated heterocycles. The number of nitrogens with one attached hydrogen (secondary N) is 1. The van der Waals surface area contributed by atoms with E-state index in [1.165, 1.54) is 41.1 Å². The number of hydrogen-bond acceptors (Lipinski definition) is 2. The highest BCUT2D eigenvalue weighted by Crippen LogP contribution is 2.25. The van der Waals surface area contributed by atoms with Crippen molar-refractivity contribution in [1.82, 2.24) is 9.78 Å². The molecule has 128 valence electrons. The van der Waals surface area contributed by atoms with E-state index in [0.29, 0.717) is 11.4 Å². The zero-order chi connectivity index (χ0) is 18.1. The number of anilines is 1. The molecule has 0 aliphatic carbocycles. The summed E-state index contributed by atoms with van der Waals surface area (Å²) in [7, 11) is 0. The summed E-state index contributed by atoms with van der Waals surface area (Å²) in [4.78, 5) is 12.5. The molecule has 1 aromatic heterocycles. The van der Waals surface area contributed by atoms with Gasteiger partial charge in [-0.2, -0.15) is 5.10 Å². The van der Waals surface area contributed by atoms with Crippen LogP contribution >= 0.6 is 11.6 Å². The third kappa shape index (κ3) is 3.39. The first-order valence-corrected chi connectivity index (χ1v) is 7.83. The average molecular weight is 362 g/mol. The van der Waals surface area contributed by atoms with E-state index in [1.807, 2.05) is 0 Å². The van der Waals surface area contributed by atoms with Gasteiger partial charge in [-0.25, -0.2) is 13.5 Å². The molecule has 0 spiro atoms. The van der Waals surface area contributed by atoms with Crippen molar-refractivity contribution in [3.63, 3.8) is 0 Å². The number of aryl methyl sites for hydroxylation is 2. The Morgan fingerprint density at radius 2 is 1.80 bits per heavy atom. The number of nitrogens with zero attached hydrogens (tertiary/aromatic N) is 2. The van der Waals surface area contributed by atoms with Crippen LogP contribution in [0.2, 0.25) is 5.15 Å². The minimum Gasteiger partial charge on any atom is -0.319 e. The van der Waals surface area contributed by atoms with Crippen molar-refractivity contribution in [1.29, 1.82) is 0 Å². The molecule has 0 saturated carbocycles. The maximum atomic E-state index is 13.9. The summed E-state index contributed by atoms with van der Waals surface area (Å²) >= 11 is 6.29. The van der Waals surface area contributed by atoms with E-state index in [2.05, 4.69) is 10.4 Å². The number of carbonyl (C=O) groups excluding carboxylic acids is 1. The van der Waals surface area contributed by atoms with Gasteiger partial charge < -0.3 is 5.32 Å². The Bertz CT molecular complexity index is 952. The number of benzene rings is 2. The van der Waals surface area contributed by atoms with Crippen LogP contribution in [-0.2, 0) is 0 Å². The van der Waals surface area contributed by atoms with E-state index >= 15 is 0 Å². The monoisotopic (exact) mass is 361 g/mol. The molecule has 0 aliphatic heterocycles. The molecule has 0 fully saturated rings. The van der Waals surface area contributed by atoms with Gasteiger partial charge in [0.25, 0.3) is 5.91 Å². The third-order valence-electron chi connectivity index (χ3n) is 3.67. The lowest BCUT2D eigenvalue weighted by Gasteiger charge is -2.07. The molecule has 7 heteroatoms. The Kier molecular flexibility index (Phi) is 4.55. The lowest BCUT2D eigenvalue weighted by Crippen LogP contribution is -2.14. The Balaban J connectivity index is 1.96. The Hall–Kier alpha value is -2.73. The van der Waals surface area contributed by atoms with E-state index in [4.69, 9.17) is 11.6 Å². The standard InChI is InChI=1S/C18H14ClF2N3O/c1-10-3-8-14(21)15(9-10)22-18(25)16-11(2)23-24(17(16)19)13-6-4-12(20)5-7-13/h3-9H,1-2H3,(H,22,25). The van der Waals surface area contributed by atoms with Crippen LogP contribution in [0.15, 0.2) is 42.5 Å². The molecule has 4 nitrogen and oxygen atoms in total. The van der Waals surface area contributed by atoms with Crippen molar-refractivity contribution in [2.24, 2.45) is 0 Å². The van der Waals surface area contributed by atoms with E-state index in [9.17, 15) is 13.6 Å². The molecular weight excluding hydrogens is 348 g/mol. The van der Waals surface area contributed by atoms with Gasteiger partial charge in [-0.15, -0.1) is 0 Å². The predicted octanol–water partition coefficient (Wildman–Crippen LogP) is 4.67. The summed E-state index contributed by atoms with van der Waals surface area (Å²) in [6, 6.07) is 9.94. The molecule has 0 aliphatic rings. The number of carbonyl (C=O) groups is 1. The summed E-state index contributed by atoms with van der Waals surface area (Å²) < 4.78 is 28.2. The van der Waals surface area contributed by atoms with E-state index in [0.717, 1.165) is 5.56 Å². The second kappa shape index (κ2) is 6.64. The van der Waals surface area contributed by atoms with Crippen LogP contribution in [0.4, 0.5) is 14.5 Å². The predicted molar refractivity (Wildman–Crippen MR) is 92.4 cm³/mol. The van der Waals surface area contributed by atoms with E-state index < -0.39 is 17.5 Å². The van der Waals surface area contributed by atoms with Gasteiger partial charge in [0.2, 0.25) is 0 Å². The maximum Gasteiger partial charge on any atom is 0.260 e. The van der Waals surface area contributed by atoms with Gasteiger partial charge in [0.15, 0.2) is 0 Å². The molecule has 0 unspecified atom stereocenters. The SMILES string of the molecule is Cc1ccc(F)c(NC(=O)c2c(C)nn(-c3ccc(F)cc3)c2Cl)c1. The molecular formula is C18H14ClF2N3O. The minimum atomic E-state index is -0.569. The highest BCUT2D eigenvalue weighted by Gasteiger charge is 2.22. The smallest absolute Gasteiger partial charge is 0.260 e. The van der Waals surface area contributed by atoms with Gasteiger partial charge in [-0.3, -0.25) is 4.79 Å². The van der Waals surface area contributed by atoms with Gasteiger partial charge >= 0.3 is 0 Å². The van der Waals surface area contributed by atoms with Crippen LogP contribution in [0, 0.1) is 25.5 Å². The zero-order valence-electron chi connectivity index (χ0n) is 13.5. The quantitative estimate of drug-likeness (QED) is 0.736. The molecule has 25 heavy (non-hydrogen) atoms. The minimum absolute atomic E-state index is 0.0645. The summed E-state index contributed by atoms with van der Waals surface area (Å²) in [5.74, 6) is -1.50. The Morgan fingerprint density at radius 3 is 2.48 bits per heavy atom. The summed E-state index contributed by atoms with van der Waals surface area (Å²) in [5, 5.41) is 6.80. The van der Waals surface area contributed by atoms with Gasteiger partial charge in [0.05, 0.1) is 17.1 Å². The number of halogens is 3. The van der Waals surface area contributed by atoms with Crippen LogP contribution in [0.3, 0.4) is 0 Å². The molecule has 3 aromatic rings. The van der Waals surface area contributed by atoms with Crippen LogP contribution in [0.5, 0.6) is 0 Å². The number of hydrogen-bond donors (Lipinski definition) is 1. The molecule has 0 radical (unpaired) electrons. The van der Waals surface area contributed by atoms with Crippen molar-refractivity contribution in [2.45, 2.75) is 13.8 Å². The van der Waals surface area contributed by atoms with E-state index in [1.54, 1.807) is 19.9 Å². The van der Waals surface area contributed by atoms with Gasteiger partial charge in [0.1, 0.15) is 22.4 Å². The van der Waals surface area contributed by atoms with Crippen molar-refractivity contribution in [3.8, 4) is 5.69 Å².